The average Bonchev–Trinajstić information content (AvgIpc) is 3.56. The van der Waals surface area contributed by atoms with Gasteiger partial charge in [-0.15, -0.1) is 11.3 Å². The minimum atomic E-state index is -0.0463. The quantitative estimate of drug-likeness (QED) is 0.639. The summed E-state index contributed by atoms with van der Waals surface area (Å²) in [7, 11) is 0. The third-order valence-electron chi connectivity index (χ3n) is 5.95. The molecule has 0 unspecified atom stereocenters. The van der Waals surface area contributed by atoms with Gasteiger partial charge in [0.05, 0.1) is 17.4 Å². The van der Waals surface area contributed by atoms with Crippen LogP contribution in [0.25, 0.3) is 10.6 Å². The van der Waals surface area contributed by atoms with Gasteiger partial charge in [-0.2, -0.15) is 5.10 Å². The van der Waals surface area contributed by atoms with E-state index in [1.54, 1.807) is 10.7 Å². The Morgan fingerprint density at radius 3 is 2.47 bits per heavy atom. The highest BCUT2D eigenvalue weighted by Gasteiger charge is 2.30. The Hall–Kier alpha value is -2.80. The lowest BCUT2D eigenvalue weighted by atomic mass is 10.0. The summed E-state index contributed by atoms with van der Waals surface area (Å²) in [4.78, 5) is 32.7. The number of nitrogens with zero attached hydrogens (tertiary/aromatic N) is 4. The summed E-state index contributed by atoms with van der Waals surface area (Å²) in [5.74, 6) is 0.560. The van der Waals surface area contributed by atoms with Crippen molar-refractivity contribution in [2.24, 2.45) is 0 Å². The number of likely N-dealkylation sites (tertiary alicyclic amines) is 1. The number of thiazole rings is 1. The summed E-state index contributed by atoms with van der Waals surface area (Å²) in [6.07, 6.45) is 3.82. The minimum Gasteiger partial charge on any atom is -0.338 e. The number of carbonyl (C=O) groups is 1. The molecule has 3 heterocycles. The highest BCUT2D eigenvalue weighted by molar-refractivity contribution is 7.17. The molecule has 1 aliphatic carbocycles. The van der Waals surface area contributed by atoms with Crippen molar-refractivity contribution < 1.29 is 4.79 Å². The van der Waals surface area contributed by atoms with Crippen LogP contribution in [0.2, 0.25) is 0 Å². The Morgan fingerprint density at radius 1 is 1.03 bits per heavy atom. The molecule has 1 aliphatic heterocycles. The molecule has 1 aromatic carbocycles. The summed E-state index contributed by atoms with van der Waals surface area (Å²) in [6, 6.07) is 13.5. The lowest BCUT2D eigenvalue weighted by Gasteiger charge is -2.32. The number of rotatable bonds is 4. The molecule has 2 aromatic heterocycles. The standard InChI is InChI=1S/C23H24N4O2S/c1-15-21(30-22(24-15)17-5-3-2-4-6-17)23(29)26-13-11-18(12-14-26)27-20(28)10-9-19(25-27)16-7-8-16/h2-6,9-10,16,18H,7-8,11-14H2,1H3. The number of carbonyl (C=O) groups excluding carboxylic acids is 1. The van der Waals surface area contributed by atoms with Gasteiger partial charge >= 0.3 is 0 Å². The van der Waals surface area contributed by atoms with Gasteiger partial charge in [-0.3, -0.25) is 9.59 Å². The van der Waals surface area contributed by atoms with E-state index in [4.69, 9.17) is 0 Å². The molecule has 0 bridgehead atoms. The fourth-order valence-corrected chi connectivity index (χ4v) is 5.09. The first-order valence-corrected chi connectivity index (χ1v) is 11.3. The maximum absolute atomic E-state index is 13.1. The van der Waals surface area contributed by atoms with Crippen LogP contribution in [0.3, 0.4) is 0 Å². The van der Waals surface area contributed by atoms with Crippen molar-refractivity contribution in [1.82, 2.24) is 19.7 Å². The first-order chi connectivity index (χ1) is 14.6. The fraction of sp³-hybridized carbons (Fsp3) is 0.391. The van der Waals surface area contributed by atoms with Crippen LogP contribution in [-0.4, -0.2) is 38.7 Å². The Balaban J connectivity index is 1.29. The molecule has 5 rings (SSSR count). The van der Waals surface area contributed by atoms with Gasteiger partial charge in [-0.05, 0) is 38.7 Å². The Morgan fingerprint density at radius 2 is 1.77 bits per heavy atom. The smallest absolute Gasteiger partial charge is 0.267 e. The summed E-state index contributed by atoms with van der Waals surface area (Å²) in [5, 5.41) is 5.50. The Kier molecular flexibility index (Phi) is 4.98. The van der Waals surface area contributed by atoms with Crippen LogP contribution < -0.4 is 5.56 Å². The van der Waals surface area contributed by atoms with Crippen LogP contribution in [-0.2, 0) is 0 Å². The van der Waals surface area contributed by atoms with E-state index in [2.05, 4.69) is 10.1 Å². The summed E-state index contributed by atoms with van der Waals surface area (Å²) >= 11 is 1.46. The van der Waals surface area contributed by atoms with Gasteiger partial charge in [-0.25, -0.2) is 9.67 Å². The first-order valence-electron chi connectivity index (χ1n) is 10.5. The van der Waals surface area contributed by atoms with Crippen LogP contribution in [0.4, 0.5) is 0 Å². The molecule has 0 spiro atoms. The molecule has 3 aromatic rings. The SMILES string of the molecule is Cc1nc(-c2ccccc2)sc1C(=O)N1CCC(n2nc(C3CC3)ccc2=O)CC1. The van der Waals surface area contributed by atoms with Crippen molar-refractivity contribution in [2.45, 2.75) is 44.6 Å². The monoisotopic (exact) mass is 420 g/mol. The largest absolute Gasteiger partial charge is 0.338 e. The van der Waals surface area contributed by atoms with Crippen molar-refractivity contribution in [3.63, 3.8) is 0 Å². The van der Waals surface area contributed by atoms with E-state index in [-0.39, 0.29) is 17.5 Å². The molecule has 0 atom stereocenters. The number of hydrogen-bond donors (Lipinski definition) is 0. The van der Waals surface area contributed by atoms with Crippen LogP contribution in [0, 0.1) is 6.92 Å². The normalized spacial score (nSPS) is 17.3. The first kappa shape index (κ1) is 19.2. The lowest BCUT2D eigenvalue weighted by Crippen LogP contribution is -2.41. The fourth-order valence-electron chi connectivity index (χ4n) is 4.05. The zero-order valence-electron chi connectivity index (χ0n) is 17.0. The van der Waals surface area contributed by atoms with Gasteiger partial charge in [0.2, 0.25) is 0 Å². The molecule has 1 saturated heterocycles. The molecular formula is C23H24N4O2S. The van der Waals surface area contributed by atoms with Gasteiger partial charge in [0.25, 0.3) is 11.5 Å². The predicted octanol–water partition coefficient (Wildman–Crippen LogP) is 4.03. The van der Waals surface area contributed by atoms with Crippen molar-refractivity contribution in [3.05, 3.63) is 69.1 Å². The van der Waals surface area contributed by atoms with Crippen molar-refractivity contribution in [1.29, 1.82) is 0 Å². The molecule has 6 nitrogen and oxygen atoms in total. The number of benzene rings is 1. The van der Waals surface area contributed by atoms with E-state index in [0.717, 1.165) is 47.6 Å². The maximum atomic E-state index is 13.1. The molecule has 7 heteroatoms. The second-order valence-corrected chi connectivity index (χ2v) is 9.14. The summed E-state index contributed by atoms with van der Waals surface area (Å²) in [6.45, 7) is 3.16. The lowest BCUT2D eigenvalue weighted by molar-refractivity contribution is 0.0691. The second-order valence-electron chi connectivity index (χ2n) is 8.14. The van der Waals surface area contributed by atoms with E-state index < -0.39 is 0 Å². The molecule has 0 N–H and O–H groups in total. The second kappa shape index (κ2) is 7.80. The topological polar surface area (TPSA) is 68.1 Å². The van der Waals surface area contributed by atoms with Crippen LogP contribution >= 0.6 is 11.3 Å². The summed E-state index contributed by atoms with van der Waals surface area (Å²) < 4.78 is 1.65. The van der Waals surface area contributed by atoms with Crippen LogP contribution in [0.1, 0.15) is 58.7 Å². The number of aromatic nitrogens is 3. The molecule has 0 radical (unpaired) electrons. The molecule has 1 amide bonds. The highest BCUT2D eigenvalue weighted by atomic mass is 32.1. The van der Waals surface area contributed by atoms with E-state index in [0.29, 0.717) is 23.9 Å². The Bertz CT molecular complexity index is 1130. The molecule has 1 saturated carbocycles. The van der Waals surface area contributed by atoms with E-state index >= 15 is 0 Å². The third kappa shape index (κ3) is 3.69. The van der Waals surface area contributed by atoms with Crippen molar-refractivity contribution in [2.75, 3.05) is 13.1 Å². The van der Waals surface area contributed by atoms with Gasteiger partial charge in [0, 0.05) is 30.6 Å². The molecule has 2 aliphatic rings. The highest BCUT2D eigenvalue weighted by Crippen LogP contribution is 2.38. The van der Waals surface area contributed by atoms with Crippen molar-refractivity contribution >= 4 is 17.2 Å². The molecule has 2 fully saturated rings. The van der Waals surface area contributed by atoms with Gasteiger partial charge < -0.3 is 4.90 Å². The van der Waals surface area contributed by atoms with Gasteiger partial charge in [0.15, 0.2) is 0 Å². The zero-order chi connectivity index (χ0) is 20.7. The zero-order valence-corrected chi connectivity index (χ0v) is 17.8. The number of aryl methyl sites for hydroxylation is 1. The number of hydrogen-bond acceptors (Lipinski definition) is 5. The van der Waals surface area contributed by atoms with Crippen molar-refractivity contribution in [3.8, 4) is 10.6 Å². The number of amides is 1. The molecule has 154 valence electrons. The average molecular weight is 421 g/mol. The van der Waals surface area contributed by atoms with Gasteiger partial charge in [0.1, 0.15) is 9.88 Å². The van der Waals surface area contributed by atoms with E-state index in [1.807, 2.05) is 48.2 Å². The van der Waals surface area contributed by atoms with Gasteiger partial charge in [-0.1, -0.05) is 30.3 Å². The predicted molar refractivity (Wildman–Crippen MR) is 117 cm³/mol. The molecule has 30 heavy (non-hydrogen) atoms. The van der Waals surface area contributed by atoms with Crippen LogP contribution in [0.5, 0.6) is 0 Å². The van der Waals surface area contributed by atoms with Crippen LogP contribution in [0.15, 0.2) is 47.3 Å². The molecular weight excluding hydrogens is 396 g/mol. The van der Waals surface area contributed by atoms with E-state index in [1.165, 1.54) is 11.3 Å². The third-order valence-corrected chi connectivity index (χ3v) is 7.14. The number of piperidine rings is 1. The Labute approximate surface area is 179 Å². The maximum Gasteiger partial charge on any atom is 0.267 e. The summed E-state index contributed by atoms with van der Waals surface area (Å²) in [5.41, 5.74) is 2.79. The van der Waals surface area contributed by atoms with E-state index in [9.17, 15) is 9.59 Å². The minimum absolute atomic E-state index is 0.0395.